The molecule has 3 heterocycles. The Morgan fingerprint density at radius 1 is 1.08 bits per heavy atom. The van der Waals surface area contributed by atoms with Crippen LogP contribution in [0.1, 0.15) is 5.82 Å². The van der Waals surface area contributed by atoms with Crippen LogP contribution in [0, 0.1) is 0 Å². The zero-order valence-electron chi connectivity index (χ0n) is 12.2. The van der Waals surface area contributed by atoms with Crippen molar-refractivity contribution in [1.29, 1.82) is 0 Å². The number of halogens is 3. The molecule has 12 heteroatoms. The SMILES string of the molecule is NS(=O)(=O)c1ccc(-n2nc(C(F)(F)F)nc2-c2ccncc2)nc1. The van der Waals surface area contributed by atoms with E-state index in [9.17, 15) is 21.6 Å². The van der Waals surface area contributed by atoms with Crippen molar-refractivity contribution in [1.82, 2.24) is 24.7 Å². The molecule has 25 heavy (non-hydrogen) atoms. The van der Waals surface area contributed by atoms with Gasteiger partial charge in [0, 0.05) is 24.2 Å². The summed E-state index contributed by atoms with van der Waals surface area (Å²) in [6.07, 6.45) is -1.05. The lowest BCUT2D eigenvalue weighted by atomic mass is 10.2. The molecule has 0 aliphatic rings. The molecule has 130 valence electrons. The number of alkyl halides is 3. The number of aromatic nitrogens is 5. The summed E-state index contributed by atoms with van der Waals surface area (Å²) < 4.78 is 62.3. The number of nitrogens with zero attached hydrogens (tertiary/aromatic N) is 5. The normalized spacial score (nSPS) is 12.3. The zero-order chi connectivity index (χ0) is 18.2. The Kier molecular flexibility index (Phi) is 4.00. The fourth-order valence-corrected chi connectivity index (χ4v) is 2.40. The highest BCUT2D eigenvalue weighted by molar-refractivity contribution is 7.89. The largest absolute Gasteiger partial charge is 0.453 e. The molecular weight excluding hydrogens is 361 g/mol. The van der Waals surface area contributed by atoms with Gasteiger partial charge in [0.25, 0.3) is 5.82 Å². The molecule has 8 nitrogen and oxygen atoms in total. The molecule has 0 radical (unpaired) electrons. The first-order chi connectivity index (χ1) is 11.7. The van der Waals surface area contributed by atoms with E-state index in [1.807, 2.05) is 0 Å². The van der Waals surface area contributed by atoms with Gasteiger partial charge >= 0.3 is 6.18 Å². The molecule has 0 spiro atoms. The average Bonchev–Trinajstić information content (AvgIpc) is 3.00. The van der Waals surface area contributed by atoms with Crippen molar-refractivity contribution in [3.8, 4) is 17.2 Å². The molecule has 0 aliphatic carbocycles. The van der Waals surface area contributed by atoms with Crippen molar-refractivity contribution in [3.63, 3.8) is 0 Å². The van der Waals surface area contributed by atoms with Gasteiger partial charge in [-0.05, 0) is 24.3 Å². The summed E-state index contributed by atoms with van der Waals surface area (Å²) in [5, 5.41) is 8.41. The van der Waals surface area contributed by atoms with Crippen molar-refractivity contribution in [2.24, 2.45) is 5.14 Å². The molecule has 0 saturated carbocycles. The molecule has 3 aromatic heterocycles. The highest BCUT2D eigenvalue weighted by Crippen LogP contribution is 2.29. The molecule has 3 rings (SSSR count). The van der Waals surface area contributed by atoms with E-state index in [-0.39, 0.29) is 16.5 Å². The third kappa shape index (κ3) is 3.49. The fourth-order valence-electron chi connectivity index (χ4n) is 1.95. The van der Waals surface area contributed by atoms with Gasteiger partial charge in [0.2, 0.25) is 10.0 Å². The van der Waals surface area contributed by atoms with Crippen molar-refractivity contribution in [3.05, 3.63) is 48.7 Å². The second kappa shape index (κ2) is 5.89. The van der Waals surface area contributed by atoms with Crippen LogP contribution in [0.15, 0.2) is 47.8 Å². The van der Waals surface area contributed by atoms with Gasteiger partial charge in [-0.3, -0.25) is 4.98 Å². The molecule has 0 saturated heterocycles. The number of sulfonamides is 1. The molecule has 0 amide bonds. The van der Waals surface area contributed by atoms with Crippen molar-refractivity contribution in [2.45, 2.75) is 11.1 Å². The lowest BCUT2D eigenvalue weighted by Gasteiger charge is -2.05. The van der Waals surface area contributed by atoms with Gasteiger partial charge in [-0.1, -0.05) is 0 Å². The number of rotatable bonds is 3. The van der Waals surface area contributed by atoms with Crippen molar-refractivity contribution < 1.29 is 21.6 Å². The second-order valence-corrected chi connectivity index (χ2v) is 6.36. The Bertz CT molecular complexity index is 1000. The minimum absolute atomic E-state index is 0.0535. The molecule has 0 atom stereocenters. The topological polar surface area (TPSA) is 117 Å². The summed E-state index contributed by atoms with van der Waals surface area (Å²) in [4.78, 5) is 10.8. The molecule has 2 N–H and O–H groups in total. The van der Waals surface area contributed by atoms with Crippen molar-refractivity contribution >= 4 is 10.0 Å². The third-order valence-corrected chi connectivity index (χ3v) is 3.96. The van der Waals surface area contributed by atoms with Crippen LogP contribution in [-0.4, -0.2) is 33.2 Å². The van der Waals surface area contributed by atoms with E-state index in [1.54, 1.807) is 0 Å². The minimum Gasteiger partial charge on any atom is -0.265 e. The van der Waals surface area contributed by atoms with E-state index in [1.165, 1.54) is 30.6 Å². The van der Waals surface area contributed by atoms with Gasteiger partial charge in [-0.15, -0.1) is 5.10 Å². The van der Waals surface area contributed by atoms with Crippen LogP contribution in [0.5, 0.6) is 0 Å². The van der Waals surface area contributed by atoms with E-state index >= 15 is 0 Å². The Hall–Kier alpha value is -2.86. The van der Waals surface area contributed by atoms with E-state index in [0.717, 1.165) is 16.9 Å². The van der Waals surface area contributed by atoms with Gasteiger partial charge in [-0.2, -0.15) is 17.9 Å². The predicted molar refractivity (Wildman–Crippen MR) is 78.8 cm³/mol. The second-order valence-electron chi connectivity index (χ2n) is 4.80. The smallest absolute Gasteiger partial charge is 0.265 e. The van der Waals surface area contributed by atoms with Gasteiger partial charge < -0.3 is 0 Å². The highest BCUT2D eigenvalue weighted by Gasteiger charge is 2.37. The van der Waals surface area contributed by atoms with E-state index < -0.39 is 22.0 Å². The first-order valence-electron chi connectivity index (χ1n) is 6.60. The van der Waals surface area contributed by atoms with E-state index in [2.05, 4.69) is 20.1 Å². The number of pyridine rings is 2. The zero-order valence-corrected chi connectivity index (χ0v) is 13.0. The van der Waals surface area contributed by atoms with E-state index in [0.29, 0.717) is 5.56 Å². The Morgan fingerprint density at radius 2 is 1.76 bits per heavy atom. The minimum atomic E-state index is -4.76. The molecule has 3 aromatic rings. The third-order valence-electron chi connectivity index (χ3n) is 3.07. The first-order valence-corrected chi connectivity index (χ1v) is 8.15. The summed E-state index contributed by atoms with van der Waals surface area (Å²) in [5.41, 5.74) is 0.329. The first kappa shape index (κ1) is 17.0. The molecule has 0 bridgehead atoms. The van der Waals surface area contributed by atoms with Gasteiger partial charge in [0.1, 0.15) is 4.90 Å². The van der Waals surface area contributed by atoms with Crippen molar-refractivity contribution in [2.75, 3.05) is 0 Å². The van der Waals surface area contributed by atoms with Crippen LogP contribution in [-0.2, 0) is 16.2 Å². The van der Waals surface area contributed by atoms with Crippen LogP contribution in [0.3, 0.4) is 0 Å². The van der Waals surface area contributed by atoms with Crippen LogP contribution < -0.4 is 5.14 Å². The van der Waals surface area contributed by atoms with Gasteiger partial charge in [0.15, 0.2) is 11.6 Å². The molecule has 0 unspecified atom stereocenters. The summed E-state index contributed by atoms with van der Waals surface area (Å²) in [5.74, 6) is -1.52. The number of hydrogen-bond donors (Lipinski definition) is 1. The van der Waals surface area contributed by atoms with Crippen LogP contribution in [0.4, 0.5) is 13.2 Å². The molecule has 0 fully saturated rings. The average molecular weight is 370 g/mol. The maximum Gasteiger partial charge on any atom is 0.453 e. The number of nitrogens with two attached hydrogens (primary N) is 1. The lowest BCUT2D eigenvalue weighted by Crippen LogP contribution is -2.13. The standard InChI is InChI=1S/C13H9F3N6O2S/c14-13(15,16)12-20-11(8-3-5-18-6-4-8)22(21-12)10-2-1-9(7-19-10)25(17,23)24/h1-7H,(H2,17,23,24). The Labute approximate surface area is 139 Å². The van der Waals surface area contributed by atoms with Crippen LogP contribution in [0.2, 0.25) is 0 Å². The molecule has 0 aliphatic heterocycles. The Morgan fingerprint density at radius 3 is 2.28 bits per heavy atom. The predicted octanol–water partition coefficient (Wildman–Crippen LogP) is 1.39. The maximum absolute atomic E-state index is 13.0. The highest BCUT2D eigenvalue weighted by atomic mass is 32.2. The molecule has 0 aromatic carbocycles. The Balaban J connectivity index is 2.16. The summed E-state index contributed by atoms with van der Waals surface area (Å²) in [7, 11) is -3.98. The summed E-state index contributed by atoms with van der Waals surface area (Å²) in [6, 6.07) is 5.21. The fraction of sp³-hybridized carbons (Fsp3) is 0.0769. The number of hydrogen-bond acceptors (Lipinski definition) is 6. The monoisotopic (exact) mass is 370 g/mol. The summed E-state index contributed by atoms with van der Waals surface area (Å²) in [6.45, 7) is 0. The van der Waals surface area contributed by atoms with Gasteiger partial charge in [-0.25, -0.2) is 23.5 Å². The van der Waals surface area contributed by atoms with Crippen LogP contribution in [0.25, 0.3) is 17.2 Å². The summed E-state index contributed by atoms with van der Waals surface area (Å²) >= 11 is 0. The lowest BCUT2D eigenvalue weighted by molar-refractivity contribution is -0.144. The quantitative estimate of drug-likeness (QED) is 0.745. The van der Waals surface area contributed by atoms with Crippen LogP contribution >= 0.6 is 0 Å². The van der Waals surface area contributed by atoms with E-state index in [4.69, 9.17) is 5.14 Å². The maximum atomic E-state index is 13.0. The van der Waals surface area contributed by atoms with Gasteiger partial charge in [0.05, 0.1) is 0 Å². The number of primary sulfonamides is 1. The molecular formula is C13H9F3N6O2S.